The first-order valence-electron chi connectivity index (χ1n) is 18.0. The van der Waals surface area contributed by atoms with E-state index in [1.807, 2.05) is 27.7 Å². The Hall–Kier alpha value is -1.69. The van der Waals surface area contributed by atoms with Crippen molar-refractivity contribution in [1.29, 1.82) is 0 Å². The van der Waals surface area contributed by atoms with Gasteiger partial charge in [-0.2, -0.15) is 0 Å². The molecular formula is C39H64N2O4. The minimum absolute atomic E-state index is 0.0515. The SMILES string of the molecule is CCC(C(=O)NC(C)(C)C)N(C)C(=O)[C@@]1(C)CC[C@]2(C)CC[C@]3(C)C(=CC(=O)[C@@H]4[C@@]5(C)CC[C@H](O)C(C)(C)[C@@H]5CC[C@]43C)[C@@H]2C1. The van der Waals surface area contributed by atoms with Crippen LogP contribution in [0.1, 0.15) is 140 Å². The van der Waals surface area contributed by atoms with Crippen LogP contribution in [-0.2, 0) is 14.4 Å². The normalized spacial score (nSPS) is 44.7. The molecule has 0 aromatic heterocycles. The number of fused-ring (bicyclic) bond motifs is 7. The van der Waals surface area contributed by atoms with Gasteiger partial charge >= 0.3 is 0 Å². The summed E-state index contributed by atoms with van der Waals surface area (Å²) in [5.41, 5.74) is -0.225. The molecule has 0 radical (unpaired) electrons. The molecule has 6 heteroatoms. The van der Waals surface area contributed by atoms with Gasteiger partial charge < -0.3 is 15.3 Å². The molecule has 0 aromatic carbocycles. The molecule has 5 aliphatic carbocycles. The molecule has 0 saturated heterocycles. The molecule has 0 aromatic rings. The molecular weight excluding hydrogens is 560 g/mol. The van der Waals surface area contributed by atoms with Gasteiger partial charge in [0.05, 0.1) is 6.10 Å². The lowest BCUT2D eigenvalue weighted by atomic mass is 9.33. The molecule has 0 aliphatic heterocycles. The predicted molar refractivity (Wildman–Crippen MR) is 180 cm³/mol. The molecule has 4 saturated carbocycles. The summed E-state index contributed by atoms with van der Waals surface area (Å²) < 4.78 is 0. The van der Waals surface area contributed by atoms with Crippen molar-refractivity contribution in [2.75, 3.05) is 7.05 Å². The van der Waals surface area contributed by atoms with Crippen LogP contribution in [0.2, 0.25) is 0 Å². The van der Waals surface area contributed by atoms with E-state index in [1.165, 1.54) is 5.57 Å². The lowest BCUT2D eigenvalue weighted by Crippen LogP contribution is -2.66. The third kappa shape index (κ3) is 5.00. The quantitative estimate of drug-likeness (QED) is 0.340. The van der Waals surface area contributed by atoms with Crippen LogP contribution >= 0.6 is 0 Å². The van der Waals surface area contributed by atoms with E-state index in [-0.39, 0.29) is 68.2 Å². The van der Waals surface area contributed by atoms with Crippen molar-refractivity contribution in [2.24, 2.45) is 50.2 Å². The Balaban J connectivity index is 1.50. The summed E-state index contributed by atoms with van der Waals surface area (Å²) in [6.45, 7) is 24.1. The minimum atomic E-state index is -0.596. The third-order valence-corrected chi connectivity index (χ3v) is 15.0. The maximum atomic E-state index is 14.6. The van der Waals surface area contributed by atoms with Crippen molar-refractivity contribution >= 4 is 17.6 Å². The predicted octanol–water partition coefficient (Wildman–Crippen LogP) is 7.48. The maximum Gasteiger partial charge on any atom is 0.243 e. The Bertz CT molecular complexity index is 1280. The number of allylic oxidation sites excluding steroid dienone is 2. The smallest absolute Gasteiger partial charge is 0.243 e. The van der Waals surface area contributed by atoms with E-state index in [9.17, 15) is 19.5 Å². The lowest BCUT2D eigenvalue weighted by Gasteiger charge is -2.70. The molecule has 6 nitrogen and oxygen atoms in total. The number of hydrogen-bond acceptors (Lipinski definition) is 4. The first kappa shape index (κ1) is 34.6. The number of nitrogens with one attached hydrogen (secondary N) is 1. The number of rotatable bonds is 4. The van der Waals surface area contributed by atoms with E-state index < -0.39 is 11.5 Å². The number of likely N-dealkylation sites (N-methyl/N-ethyl adjacent to an activating group) is 1. The zero-order valence-corrected chi connectivity index (χ0v) is 30.7. The highest BCUT2D eigenvalue weighted by Crippen LogP contribution is 2.75. The standard InChI is InChI=1S/C39H64N2O4/c1-13-26(31(44)40-33(2,3)4)41(12)32(45)36(8)19-18-35(7)20-21-38(10)24(25(35)23-36)22-27(42)30-37(9)16-15-29(43)34(5,6)28(37)14-17-39(30,38)11/h22,25-26,28-30,43H,13-21,23H2,1-12H3,(H,40,44)/t25-,26?,28-,29-,30+,35+,36-,37-,38+,39+/m0/s1. The van der Waals surface area contributed by atoms with E-state index >= 15 is 0 Å². The van der Waals surface area contributed by atoms with E-state index in [0.717, 1.165) is 57.8 Å². The number of hydrogen-bond donors (Lipinski definition) is 2. The summed E-state index contributed by atoms with van der Waals surface area (Å²) in [4.78, 5) is 44.0. The Morgan fingerprint density at radius 3 is 2.20 bits per heavy atom. The lowest BCUT2D eigenvalue weighted by molar-refractivity contribution is -0.202. The molecule has 45 heavy (non-hydrogen) atoms. The summed E-state index contributed by atoms with van der Waals surface area (Å²) in [7, 11) is 1.81. The van der Waals surface area contributed by atoms with Gasteiger partial charge in [-0.25, -0.2) is 0 Å². The molecule has 254 valence electrons. The summed E-state index contributed by atoms with van der Waals surface area (Å²) in [5.74, 6) is 0.661. The van der Waals surface area contributed by atoms with E-state index in [0.29, 0.717) is 12.3 Å². The number of aliphatic hydroxyl groups is 1. The van der Waals surface area contributed by atoms with Crippen molar-refractivity contribution in [3.05, 3.63) is 11.6 Å². The highest BCUT2D eigenvalue weighted by Gasteiger charge is 2.70. The topological polar surface area (TPSA) is 86.7 Å². The molecule has 4 fully saturated rings. The zero-order valence-electron chi connectivity index (χ0n) is 30.7. The van der Waals surface area contributed by atoms with Crippen molar-refractivity contribution in [3.63, 3.8) is 0 Å². The molecule has 5 aliphatic rings. The second kappa shape index (κ2) is 10.7. The number of amides is 2. The minimum Gasteiger partial charge on any atom is -0.393 e. The average Bonchev–Trinajstić information content (AvgIpc) is 2.92. The monoisotopic (exact) mass is 624 g/mol. The van der Waals surface area contributed by atoms with Crippen LogP contribution in [0.5, 0.6) is 0 Å². The van der Waals surface area contributed by atoms with Gasteiger partial charge in [0.15, 0.2) is 5.78 Å². The van der Waals surface area contributed by atoms with E-state index in [4.69, 9.17) is 0 Å². The summed E-state index contributed by atoms with van der Waals surface area (Å²) in [6.07, 6.45) is 10.7. The Morgan fingerprint density at radius 1 is 0.978 bits per heavy atom. The second-order valence-electron chi connectivity index (χ2n) is 19.2. The van der Waals surface area contributed by atoms with Gasteiger partial charge in [0.1, 0.15) is 6.04 Å². The number of ketones is 1. The van der Waals surface area contributed by atoms with Crippen LogP contribution in [0.4, 0.5) is 0 Å². The van der Waals surface area contributed by atoms with Crippen LogP contribution in [0, 0.1) is 50.2 Å². The summed E-state index contributed by atoms with van der Waals surface area (Å²) >= 11 is 0. The van der Waals surface area contributed by atoms with Gasteiger partial charge in [-0.1, -0.05) is 61.0 Å². The highest BCUT2D eigenvalue weighted by atomic mass is 16.3. The van der Waals surface area contributed by atoms with Gasteiger partial charge in [0.25, 0.3) is 0 Å². The average molecular weight is 625 g/mol. The maximum absolute atomic E-state index is 14.6. The molecule has 10 atom stereocenters. The van der Waals surface area contributed by atoms with Gasteiger partial charge in [-0.3, -0.25) is 14.4 Å². The van der Waals surface area contributed by atoms with Crippen molar-refractivity contribution < 1.29 is 19.5 Å². The van der Waals surface area contributed by atoms with Crippen LogP contribution < -0.4 is 5.32 Å². The zero-order chi connectivity index (χ0) is 33.8. The van der Waals surface area contributed by atoms with Crippen LogP contribution in [0.25, 0.3) is 0 Å². The number of aliphatic hydroxyl groups excluding tert-OH is 1. The Kier molecular flexibility index (Phi) is 8.20. The third-order valence-electron chi connectivity index (χ3n) is 15.0. The van der Waals surface area contributed by atoms with Crippen molar-refractivity contribution in [2.45, 2.75) is 158 Å². The largest absolute Gasteiger partial charge is 0.393 e. The summed E-state index contributed by atoms with van der Waals surface area (Å²) in [5, 5.41) is 14.1. The molecule has 2 N–H and O–H groups in total. The highest BCUT2D eigenvalue weighted by molar-refractivity contribution is 5.96. The fourth-order valence-electron chi connectivity index (χ4n) is 12.0. The van der Waals surface area contributed by atoms with Gasteiger partial charge in [-0.05, 0) is 130 Å². The molecule has 0 heterocycles. The van der Waals surface area contributed by atoms with E-state index in [2.05, 4.69) is 59.9 Å². The first-order valence-corrected chi connectivity index (χ1v) is 18.0. The number of carbonyl (C=O) groups is 3. The molecule has 0 spiro atoms. The fourth-order valence-corrected chi connectivity index (χ4v) is 12.0. The molecule has 0 bridgehead atoms. The van der Waals surface area contributed by atoms with Gasteiger partial charge in [-0.15, -0.1) is 0 Å². The van der Waals surface area contributed by atoms with Crippen LogP contribution in [0.3, 0.4) is 0 Å². The van der Waals surface area contributed by atoms with Gasteiger partial charge in [0, 0.05) is 23.9 Å². The summed E-state index contributed by atoms with van der Waals surface area (Å²) in [6, 6.07) is -0.511. The molecule has 1 unspecified atom stereocenters. The second-order valence-corrected chi connectivity index (χ2v) is 19.2. The number of carbonyl (C=O) groups excluding carboxylic acids is 3. The van der Waals surface area contributed by atoms with Crippen molar-refractivity contribution in [1.82, 2.24) is 10.2 Å². The first-order chi connectivity index (χ1) is 20.5. The Morgan fingerprint density at radius 2 is 1.60 bits per heavy atom. The molecule has 2 amide bonds. The molecule has 5 rings (SSSR count). The van der Waals surface area contributed by atoms with Crippen LogP contribution in [0.15, 0.2) is 11.6 Å². The van der Waals surface area contributed by atoms with Crippen molar-refractivity contribution in [3.8, 4) is 0 Å². The number of nitrogens with zero attached hydrogens (tertiary/aromatic N) is 1. The fraction of sp³-hybridized carbons (Fsp3) is 0.872. The van der Waals surface area contributed by atoms with Gasteiger partial charge in [0.2, 0.25) is 11.8 Å². The van der Waals surface area contributed by atoms with E-state index in [1.54, 1.807) is 11.9 Å². The Labute approximate surface area is 273 Å². The van der Waals surface area contributed by atoms with Crippen LogP contribution in [-0.4, -0.2) is 52.3 Å².